The van der Waals surface area contributed by atoms with Crippen LogP contribution < -0.4 is 5.32 Å². The molecule has 0 saturated carbocycles. The minimum Gasteiger partial charge on any atom is -0.340 e. The van der Waals surface area contributed by atoms with Crippen molar-refractivity contribution in [2.24, 2.45) is 0 Å². The maximum Gasteiger partial charge on any atom is 0.175 e. The predicted molar refractivity (Wildman–Crippen MR) is 131 cm³/mol. The first-order chi connectivity index (χ1) is 16.0. The molecule has 0 radical (unpaired) electrons. The molecule has 0 spiro atoms. The van der Waals surface area contributed by atoms with Crippen LogP contribution in [-0.2, 0) is 16.4 Å². The average molecular weight is 459 g/mol. The lowest BCUT2D eigenvalue weighted by atomic mass is 9.99. The Morgan fingerprint density at radius 2 is 1.82 bits per heavy atom. The van der Waals surface area contributed by atoms with Gasteiger partial charge in [0.15, 0.2) is 9.84 Å². The third kappa shape index (κ3) is 4.89. The molecule has 168 valence electrons. The van der Waals surface area contributed by atoms with Gasteiger partial charge in [-0.3, -0.25) is 9.88 Å². The van der Waals surface area contributed by atoms with Gasteiger partial charge in [-0.15, -0.1) is 0 Å². The molecule has 0 bridgehead atoms. The second-order valence-electron chi connectivity index (χ2n) is 8.61. The molecule has 6 nitrogen and oxygen atoms in total. The molecule has 0 aliphatic carbocycles. The van der Waals surface area contributed by atoms with E-state index >= 15 is 0 Å². The number of hydrogen-bond donors (Lipinski definition) is 1. The summed E-state index contributed by atoms with van der Waals surface area (Å²) in [5, 5.41) is 5.46. The van der Waals surface area contributed by atoms with Gasteiger partial charge >= 0.3 is 0 Å². The summed E-state index contributed by atoms with van der Waals surface area (Å²) >= 11 is 0. The number of nitrogens with one attached hydrogen (secondary N) is 1. The molecule has 1 N–H and O–H groups in total. The topological polar surface area (TPSA) is 75.2 Å². The van der Waals surface area contributed by atoms with Gasteiger partial charge in [0.05, 0.1) is 10.6 Å². The van der Waals surface area contributed by atoms with E-state index in [1.54, 1.807) is 24.3 Å². The highest BCUT2D eigenvalue weighted by molar-refractivity contribution is 7.90. The number of pyridine rings is 2. The fourth-order valence-electron chi connectivity index (χ4n) is 4.46. The lowest BCUT2D eigenvalue weighted by molar-refractivity contribution is 0.326. The zero-order chi connectivity index (χ0) is 22.8. The molecule has 1 unspecified atom stereocenters. The lowest BCUT2D eigenvalue weighted by Gasteiger charge is -2.17. The number of rotatable bonds is 6. The molecule has 2 aromatic heterocycles. The minimum absolute atomic E-state index is 0.298. The molecule has 0 amide bonds. The zero-order valence-electron chi connectivity index (χ0n) is 18.5. The van der Waals surface area contributed by atoms with Crippen molar-refractivity contribution in [3.05, 3.63) is 90.4 Å². The number of aromatic nitrogens is 2. The highest BCUT2D eigenvalue weighted by Crippen LogP contribution is 2.32. The van der Waals surface area contributed by atoms with Gasteiger partial charge in [-0.25, -0.2) is 13.4 Å². The van der Waals surface area contributed by atoms with Gasteiger partial charge in [0, 0.05) is 54.1 Å². The summed E-state index contributed by atoms with van der Waals surface area (Å²) < 4.78 is 23.4. The highest BCUT2D eigenvalue weighted by Gasteiger charge is 2.26. The van der Waals surface area contributed by atoms with Crippen molar-refractivity contribution in [2.45, 2.75) is 23.8 Å². The van der Waals surface area contributed by atoms with E-state index in [1.165, 1.54) is 11.8 Å². The number of benzene rings is 2. The second kappa shape index (κ2) is 8.92. The van der Waals surface area contributed by atoms with Crippen molar-refractivity contribution >= 4 is 32.1 Å². The van der Waals surface area contributed by atoms with E-state index in [1.807, 2.05) is 24.5 Å². The molecule has 2 aromatic carbocycles. The summed E-state index contributed by atoms with van der Waals surface area (Å²) in [5.41, 5.74) is 3.23. The first-order valence-electron chi connectivity index (χ1n) is 11.0. The molecule has 1 atom stereocenters. The summed E-state index contributed by atoms with van der Waals surface area (Å²) in [4.78, 5) is 12.1. The molecular formula is C26H26N4O2S. The molecule has 1 aliphatic heterocycles. The first-order valence-corrected chi connectivity index (χ1v) is 12.9. The Morgan fingerprint density at radius 3 is 2.58 bits per heavy atom. The molecule has 5 rings (SSSR count). The Hall–Kier alpha value is -3.29. The van der Waals surface area contributed by atoms with Crippen LogP contribution in [0, 0.1) is 0 Å². The van der Waals surface area contributed by atoms with Gasteiger partial charge in [0.25, 0.3) is 0 Å². The minimum atomic E-state index is -3.22. The third-order valence-electron chi connectivity index (χ3n) is 6.14. The molecule has 1 aliphatic rings. The van der Waals surface area contributed by atoms with Gasteiger partial charge in [-0.05, 0) is 54.9 Å². The van der Waals surface area contributed by atoms with E-state index in [0.29, 0.717) is 16.6 Å². The first kappa shape index (κ1) is 21.6. The second-order valence-corrected chi connectivity index (χ2v) is 10.6. The van der Waals surface area contributed by atoms with Gasteiger partial charge in [0.2, 0.25) is 0 Å². The molecule has 1 fully saturated rings. The predicted octanol–water partition coefficient (Wildman–Crippen LogP) is 4.77. The van der Waals surface area contributed by atoms with Crippen LogP contribution in [-0.4, -0.2) is 42.6 Å². The van der Waals surface area contributed by atoms with Crippen LogP contribution in [0.3, 0.4) is 0 Å². The average Bonchev–Trinajstić information content (AvgIpc) is 3.27. The standard InChI is InChI=1S/C26H26N4O2S/c1-33(31,32)23-9-7-22(8-10-23)29-25-15-24-20(16-28-25)11-13-27-26(24)21-12-14-30(18-21)17-19-5-3-2-4-6-19/h2-11,13,15-16,21H,12,14,17-18H2,1H3,(H,28,29). The Morgan fingerprint density at radius 1 is 1.03 bits per heavy atom. The Kier molecular flexibility index (Phi) is 5.83. The summed E-state index contributed by atoms with van der Waals surface area (Å²) in [6.45, 7) is 3.00. The number of fused-ring (bicyclic) bond motifs is 1. The molecular weight excluding hydrogens is 432 g/mol. The summed E-state index contributed by atoms with van der Waals surface area (Å²) in [6, 6.07) is 21.3. The normalized spacial score (nSPS) is 16.8. The van der Waals surface area contributed by atoms with Crippen molar-refractivity contribution in [2.75, 3.05) is 24.7 Å². The largest absolute Gasteiger partial charge is 0.340 e. The molecule has 7 heteroatoms. The van der Waals surface area contributed by atoms with Crippen LogP contribution in [0.2, 0.25) is 0 Å². The monoisotopic (exact) mass is 458 g/mol. The summed E-state index contributed by atoms with van der Waals surface area (Å²) in [7, 11) is -3.22. The fourth-order valence-corrected chi connectivity index (χ4v) is 5.09. The van der Waals surface area contributed by atoms with E-state index in [-0.39, 0.29) is 0 Å². The van der Waals surface area contributed by atoms with Crippen molar-refractivity contribution in [1.82, 2.24) is 14.9 Å². The van der Waals surface area contributed by atoms with E-state index in [9.17, 15) is 8.42 Å². The Bertz CT molecular complexity index is 1370. The molecule has 1 saturated heterocycles. The number of nitrogens with zero attached hydrogens (tertiary/aromatic N) is 3. The summed E-state index contributed by atoms with van der Waals surface area (Å²) in [6.07, 6.45) is 6.02. The van der Waals surface area contributed by atoms with Crippen LogP contribution in [0.25, 0.3) is 10.8 Å². The van der Waals surface area contributed by atoms with Crippen LogP contribution >= 0.6 is 0 Å². The van der Waals surface area contributed by atoms with Gasteiger partial charge in [-0.1, -0.05) is 30.3 Å². The zero-order valence-corrected chi connectivity index (χ0v) is 19.3. The van der Waals surface area contributed by atoms with Crippen molar-refractivity contribution < 1.29 is 8.42 Å². The van der Waals surface area contributed by atoms with Crippen LogP contribution in [0.5, 0.6) is 0 Å². The Balaban J connectivity index is 1.36. The third-order valence-corrected chi connectivity index (χ3v) is 7.27. The molecule has 3 heterocycles. The van der Waals surface area contributed by atoms with Gasteiger partial charge in [-0.2, -0.15) is 0 Å². The van der Waals surface area contributed by atoms with Crippen LogP contribution in [0.1, 0.15) is 23.6 Å². The van der Waals surface area contributed by atoms with Crippen LogP contribution in [0.15, 0.2) is 84.0 Å². The number of likely N-dealkylation sites (tertiary alicyclic amines) is 1. The Labute approximate surface area is 194 Å². The van der Waals surface area contributed by atoms with E-state index < -0.39 is 9.84 Å². The summed E-state index contributed by atoms with van der Waals surface area (Å²) in [5.74, 6) is 1.09. The lowest BCUT2D eigenvalue weighted by Crippen LogP contribution is -2.19. The fraction of sp³-hybridized carbons (Fsp3) is 0.231. The smallest absolute Gasteiger partial charge is 0.175 e. The van der Waals surface area contributed by atoms with E-state index in [4.69, 9.17) is 4.98 Å². The van der Waals surface area contributed by atoms with Crippen molar-refractivity contribution in [3.63, 3.8) is 0 Å². The van der Waals surface area contributed by atoms with Gasteiger partial charge in [0.1, 0.15) is 5.82 Å². The van der Waals surface area contributed by atoms with Crippen molar-refractivity contribution in [1.29, 1.82) is 0 Å². The van der Waals surface area contributed by atoms with E-state index in [0.717, 1.165) is 48.2 Å². The number of anilines is 2. The van der Waals surface area contributed by atoms with Crippen LogP contribution in [0.4, 0.5) is 11.5 Å². The quantitative estimate of drug-likeness (QED) is 0.449. The van der Waals surface area contributed by atoms with Crippen molar-refractivity contribution in [3.8, 4) is 0 Å². The maximum absolute atomic E-state index is 11.7. The van der Waals surface area contributed by atoms with E-state index in [2.05, 4.69) is 45.5 Å². The molecule has 4 aromatic rings. The maximum atomic E-state index is 11.7. The highest BCUT2D eigenvalue weighted by atomic mass is 32.2. The SMILES string of the molecule is CS(=O)(=O)c1ccc(Nc2cc3c(C4CCN(Cc5ccccc5)C4)nccc3cn2)cc1. The number of sulfone groups is 1. The molecule has 33 heavy (non-hydrogen) atoms. The number of hydrogen-bond acceptors (Lipinski definition) is 6. The van der Waals surface area contributed by atoms with Gasteiger partial charge < -0.3 is 5.32 Å².